The quantitative estimate of drug-likeness (QED) is 0.335. The highest BCUT2D eigenvalue weighted by Crippen LogP contribution is 2.42. The zero-order valence-electron chi connectivity index (χ0n) is 22.1. The summed E-state index contributed by atoms with van der Waals surface area (Å²) < 4.78 is 31.6. The summed E-state index contributed by atoms with van der Waals surface area (Å²) in [5.41, 5.74) is 0.824. The lowest BCUT2D eigenvalue weighted by molar-refractivity contribution is 0.198. The van der Waals surface area contributed by atoms with Gasteiger partial charge in [-0.05, 0) is 49.8 Å². The first-order valence-corrected chi connectivity index (χ1v) is 13.7. The van der Waals surface area contributed by atoms with E-state index in [2.05, 4.69) is 21.1 Å². The fourth-order valence-electron chi connectivity index (χ4n) is 6.77. The predicted octanol–water partition coefficient (Wildman–Crippen LogP) is 4.24. The van der Waals surface area contributed by atoms with Crippen molar-refractivity contribution in [1.82, 2.24) is 15.3 Å². The molecule has 40 heavy (non-hydrogen) atoms. The number of piperazine rings is 1. The molecule has 9 heteroatoms. The topological polar surface area (TPSA) is 84.8 Å². The van der Waals surface area contributed by atoms with Crippen molar-refractivity contribution in [3.8, 4) is 29.4 Å². The van der Waals surface area contributed by atoms with Crippen LogP contribution in [0, 0.1) is 30.9 Å². The second-order valence-corrected chi connectivity index (χ2v) is 11.2. The van der Waals surface area contributed by atoms with Gasteiger partial charge in [0.15, 0.2) is 5.82 Å². The number of aryl methyl sites for hydroxylation is 1. The van der Waals surface area contributed by atoms with Gasteiger partial charge in [-0.15, -0.1) is 6.42 Å². The van der Waals surface area contributed by atoms with E-state index in [1.54, 1.807) is 6.20 Å². The number of phenolic OH excluding ortho intramolecular Hbond substituents is 1. The lowest BCUT2D eigenvalue weighted by Crippen LogP contribution is -2.51. The average Bonchev–Trinajstić information content (AvgIpc) is 3.52. The van der Waals surface area contributed by atoms with E-state index in [0.717, 1.165) is 25.9 Å². The SMILES string of the molecule is C#Cc1c(F)ccc2cc(O)cc(-c3ncc4c(N5CC6CCC(C5)N6)nc(N5CCC(O)C5)c(C)c4c3F)c12. The zero-order valence-corrected chi connectivity index (χ0v) is 22.1. The third-order valence-electron chi connectivity index (χ3n) is 8.61. The fourth-order valence-corrected chi connectivity index (χ4v) is 6.77. The molecule has 7 nitrogen and oxygen atoms in total. The van der Waals surface area contributed by atoms with Crippen LogP contribution in [0.5, 0.6) is 5.75 Å². The third-order valence-corrected chi connectivity index (χ3v) is 8.61. The minimum absolute atomic E-state index is 0.0102. The molecule has 0 radical (unpaired) electrons. The number of aliphatic hydroxyl groups excluding tert-OH is 1. The van der Waals surface area contributed by atoms with Crippen LogP contribution in [0.1, 0.15) is 30.4 Å². The fraction of sp³-hybridized carbons (Fsp3) is 0.355. The maximum absolute atomic E-state index is 16.9. The number of aromatic nitrogens is 2. The molecule has 5 heterocycles. The molecule has 3 saturated heterocycles. The van der Waals surface area contributed by atoms with E-state index < -0.39 is 17.7 Å². The molecule has 3 aliphatic heterocycles. The van der Waals surface area contributed by atoms with Crippen molar-refractivity contribution in [3.63, 3.8) is 0 Å². The second kappa shape index (κ2) is 9.29. The summed E-state index contributed by atoms with van der Waals surface area (Å²) in [4.78, 5) is 13.8. The molecule has 2 bridgehead atoms. The number of rotatable bonds is 3. The number of benzene rings is 2. The van der Waals surface area contributed by atoms with E-state index in [0.29, 0.717) is 70.3 Å². The van der Waals surface area contributed by atoms with Crippen LogP contribution in [0.2, 0.25) is 0 Å². The number of aliphatic hydroxyl groups is 1. The van der Waals surface area contributed by atoms with E-state index in [9.17, 15) is 14.6 Å². The smallest absolute Gasteiger partial charge is 0.157 e. The first kappa shape index (κ1) is 25.0. The molecular weight excluding hydrogens is 512 g/mol. The van der Waals surface area contributed by atoms with Crippen LogP contribution in [0.3, 0.4) is 0 Å². The molecule has 2 aromatic heterocycles. The van der Waals surface area contributed by atoms with Gasteiger partial charge in [0.2, 0.25) is 0 Å². The molecule has 2 aromatic carbocycles. The van der Waals surface area contributed by atoms with E-state index in [-0.39, 0.29) is 22.6 Å². The number of fused-ring (bicyclic) bond motifs is 4. The van der Waals surface area contributed by atoms with Crippen molar-refractivity contribution in [3.05, 3.63) is 53.2 Å². The van der Waals surface area contributed by atoms with Gasteiger partial charge in [-0.25, -0.2) is 13.8 Å². The molecule has 4 aromatic rings. The molecule has 204 valence electrons. The van der Waals surface area contributed by atoms with Crippen molar-refractivity contribution in [2.24, 2.45) is 0 Å². The highest BCUT2D eigenvalue weighted by atomic mass is 19.1. The van der Waals surface area contributed by atoms with Gasteiger partial charge < -0.3 is 25.3 Å². The first-order valence-electron chi connectivity index (χ1n) is 13.7. The number of phenols is 1. The molecule has 3 aliphatic rings. The molecule has 3 unspecified atom stereocenters. The van der Waals surface area contributed by atoms with Crippen molar-refractivity contribution in [2.75, 3.05) is 36.0 Å². The number of aromatic hydroxyl groups is 1. The van der Waals surface area contributed by atoms with Crippen molar-refractivity contribution < 1.29 is 19.0 Å². The Morgan fingerprint density at radius 2 is 1.80 bits per heavy atom. The van der Waals surface area contributed by atoms with Gasteiger partial charge in [0.05, 0.1) is 11.7 Å². The minimum atomic E-state index is -0.603. The zero-order chi connectivity index (χ0) is 27.7. The average molecular weight is 542 g/mol. The molecule has 0 amide bonds. The van der Waals surface area contributed by atoms with Gasteiger partial charge in [0.1, 0.15) is 28.9 Å². The number of hydrogen-bond donors (Lipinski definition) is 3. The van der Waals surface area contributed by atoms with Crippen LogP contribution < -0.4 is 15.1 Å². The van der Waals surface area contributed by atoms with Gasteiger partial charge in [0.25, 0.3) is 0 Å². The summed E-state index contributed by atoms with van der Waals surface area (Å²) in [5.74, 6) is 2.41. The Morgan fingerprint density at radius 1 is 1.02 bits per heavy atom. The Labute approximate surface area is 230 Å². The Morgan fingerprint density at radius 3 is 2.50 bits per heavy atom. The number of halogens is 2. The highest BCUT2D eigenvalue weighted by Gasteiger charge is 2.35. The monoisotopic (exact) mass is 541 g/mol. The van der Waals surface area contributed by atoms with Crippen molar-refractivity contribution in [1.29, 1.82) is 0 Å². The summed E-state index contributed by atoms with van der Waals surface area (Å²) in [7, 11) is 0. The van der Waals surface area contributed by atoms with Gasteiger partial charge >= 0.3 is 0 Å². The maximum atomic E-state index is 16.9. The largest absolute Gasteiger partial charge is 0.508 e. The Balaban J connectivity index is 1.50. The molecule has 3 atom stereocenters. The van der Waals surface area contributed by atoms with Crippen LogP contribution in [0.4, 0.5) is 20.4 Å². The minimum Gasteiger partial charge on any atom is -0.508 e. The standard InChI is InChI=1S/C31H29F2N5O2/c1-3-22-25(32)7-4-17-10-21(40)11-23(27(17)22)29-28(33)26-16(2)30(37-9-8-20(39)15-37)36-31(24(26)12-34-29)38-13-18-5-6-19(14-38)35-18/h1,4,7,10-12,18-20,35,39-40H,5-6,8-9,13-15H2,2H3. The van der Waals surface area contributed by atoms with Gasteiger partial charge in [-0.2, -0.15) is 0 Å². The Kier molecular flexibility index (Phi) is 5.81. The van der Waals surface area contributed by atoms with Crippen molar-refractivity contribution >= 4 is 33.2 Å². The second-order valence-electron chi connectivity index (χ2n) is 11.2. The van der Waals surface area contributed by atoms with Gasteiger partial charge in [-0.1, -0.05) is 12.0 Å². The van der Waals surface area contributed by atoms with Crippen LogP contribution in [0.25, 0.3) is 32.8 Å². The van der Waals surface area contributed by atoms with Crippen LogP contribution in [0.15, 0.2) is 30.5 Å². The van der Waals surface area contributed by atoms with Gasteiger partial charge in [-0.3, -0.25) is 4.98 Å². The summed E-state index contributed by atoms with van der Waals surface area (Å²) in [6.45, 7) is 4.40. The molecule has 3 fully saturated rings. The number of pyridine rings is 2. The first-order chi connectivity index (χ1) is 19.3. The molecule has 0 aliphatic carbocycles. The molecule has 7 rings (SSSR count). The number of nitrogens with one attached hydrogen (secondary N) is 1. The number of terminal acetylenes is 1. The van der Waals surface area contributed by atoms with E-state index in [4.69, 9.17) is 11.4 Å². The van der Waals surface area contributed by atoms with Gasteiger partial charge in [0, 0.05) is 71.7 Å². The molecule has 3 N–H and O–H groups in total. The summed E-state index contributed by atoms with van der Waals surface area (Å²) in [5, 5.41) is 26.2. The van der Waals surface area contributed by atoms with Crippen LogP contribution >= 0.6 is 0 Å². The third kappa shape index (κ3) is 3.86. The summed E-state index contributed by atoms with van der Waals surface area (Å²) >= 11 is 0. The lowest BCUT2D eigenvalue weighted by atomic mass is 9.94. The Hall–Kier alpha value is -4.00. The van der Waals surface area contributed by atoms with Crippen LogP contribution in [-0.2, 0) is 0 Å². The Bertz CT molecular complexity index is 1720. The van der Waals surface area contributed by atoms with Crippen LogP contribution in [-0.4, -0.2) is 64.5 Å². The summed E-state index contributed by atoms with van der Waals surface area (Å²) in [6.07, 6.45) is 9.63. The number of anilines is 2. The van der Waals surface area contributed by atoms with E-state index in [1.165, 1.54) is 24.3 Å². The molecule has 0 saturated carbocycles. The number of nitrogens with zero attached hydrogens (tertiary/aromatic N) is 4. The maximum Gasteiger partial charge on any atom is 0.157 e. The summed E-state index contributed by atoms with van der Waals surface area (Å²) in [6, 6.07) is 6.30. The number of β-amino-alcohol motifs (C(OH)–C–C–N with tert-alkyl or cyclic N) is 1. The molecular formula is C31H29F2N5O2. The van der Waals surface area contributed by atoms with Crippen molar-refractivity contribution in [2.45, 2.75) is 44.4 Å². The normalized spacial score (nSPS) is 22.4. The van der Waals surface area contributed by atoms with E-state index >= 15 is 4.39 Å². The number of hydrogen-bond acceptors (Lipinski definition) is 7. The highest BCUT2D eigenvalue weighted by molar-refractivity contribution is 6.04. The lowest BCUT2D eigenvalue weighted by Gasteiger charge is -2.35. The predicted molar refractivity (Wildman–Crippen MR) is 152 cm³/mol. The van der Waals surface area contributed by atoms with E-state index in [1.807, 2.05) is 11.8 Å². The molecule has 0 spiro atoms.